The fourth-order valence-corrected chi connectivity index (χ4v) is 1.90. The van der Waals surface area contributed by atoms with Crippen molar-refractivity contribution in [3.05, 3.63) is 53.1 Å². The average molecular weight is 290 g/mol. The van der Waals surface area contributed by atoms with Crippen LogP contribution in [0.4, 0.5) is 0 Å². The van der Waals surface area contributed by atoms with Crippen molar-refractivity contribution >= 4 is 17.9 Å². The molecule has 0 fully saturated rings. The smallest absolute Gasteiger partial charge is 0.242 e. The normalized spacial score (nSPS) is 11.8. The molecule has 0 aromatic heterocycles. The number of hydrogen-bond acceptors (Lipinski definition) is 3. The summed E-state index contributed by atoms with van der Waals surface area (Å²) in [5.41, 5.74) is 0.960. The van der Waals surface area contributed by atoms with Crippen LogP contribution < -0.4 is 9.47 Å². The molecule has 0 aliphatic heterocycles. The quantitative estimate of drug-likeness (QED) is 0.822. The summed E-state index contributed by atoms with van der Waals surface area (Å²) in [6, 6.07) is 12.5. The summed E-state index contributed by atoms with van der Waals surface area (Å²) in [5.74, 6) is 2.03. The molecule has 20 heavy (non-hydrogen) atoms. The SMILES string of the molecule is Cc1cc(Cl)ccc1Oc1ccc(OC(C)[C]=O)cc1. The van der Waals surface area contributed by atoms with Gasteiger partial charge < -0.3 is 9.47 Å². The molecule has 0 aliphatic carbocycles. The minimum Gasteiger partial charge on any atom is -0.482 e. The first-order valence-corrected chi connectivity index (χ1v) is 6.54. The lowest BCUT2D eigenvalue weighted by Gasteiger charge is -2.11. The second-order valence-electron chi connectivity index (χ2n) is 4.36. The highest BCUT2D eigenvalue weighted by Crippen LogP contribution is 2.28. The van der Waals surface area contributed by atoms with Gasteiger partial charge in [-0.15, -0.1) is 0 Å². The molecule has 4 heteroatoms. The summed E-state index contributed by atoms with van der Waals surface area (Å²) >= 11 is 5.90. The predicted molar refractivity (Wildman–Crippen MR) is 78.5 cm³/mol. The van der Waals surface area contributed by atoms with Crippen molar-refractivity contribution in [1.82, 2.24) is 0 Å². The van der Waals surface area contributed by atoms with Crippen molar-refractivity contribution in [3.63, 3.8) is 0 Å². The van der Waals surface area contributed by atoms with Gasteiger partial charge in [0.25, 0.3) is 0 Å². The topological polar surface area (TPSA) is 35.5 Å². The zero-order chi connectivity index (χ0) is 14.5. The van der Waals surface area contributed by atoms with Gasteiger partial charge >= 0.3 is 0 Å². The lowest BCUT2D eigenvalue weighted by atomic mass is 10.2. The van der Waals surface area contributed by atoms with Gasteiger partial charge in [0.05, 0.1) is 0 Å². The Labute approximate surface area is 123 Å². The Kier molecular flexibility index (Phi) is 4.64. The van der Waals surface area contributed by atoms with Crippen molar-refractivity contribution in [1.29, 1.82) is 0 Å². The summed E-state index contributed by atoms with van der Waals surface area (Å²) in [6.45, 7) is 3.56. The van der Waals surface area contributed by atoms with Crippen LogP contribution in [0.25, 0.3) is 0 Å². The zero-order valence-corrected chi connectivity index (χ0v) is 12.0. The van der Waals surface area contributed by atoms with Crippen molar-refractivity contribution in [2.45, 2.75) is 20.0 Å². The van der Waals surface area contributed by atoms with E-state index in [4.69, 9.17) is 21.1 Å². The number of carbonyl (C=O) groups excluding carboxylic acids is 1. The van der Waals surface area contributed by atoms with Crippen LogP contribution in [-0.4, -0.2) is 12.4 Å². The first kappa shape index (κ1) is 14.4. The molecule has 1 radical (unpaired) electrons. The van der Waals surface area contributed by atoms with Crippen LogP contribution in [0.1, 0.15) is 12.5 Å². The summed E-state index contributed by atoms with van der Waals surface area (Å²) in [4.78, 5) is 10.4. The summed E-state index contributed by atoms with van der Waals surface area (Å²) in [6.07, 6.45) is 1.18. The first-order chi connectivity index (χ1) is 9.58. The molecule has 0 heterocycles. The molecule has 0 aliphatic rings. The number of ether oxygens (including phenoxy) is 2. The lowest BCUT2D eigenvalue weighted by molar-refractivity contribution is 0.278. The van der Waals surface area contributed by atoms with Gasteiger partial charge in [-0.2, -0.15) is 0 Å². The standard InChI is InChI=1S/C16H14ClO3/c1-11-9-13(17)3-8-16(11)20-15-6-4-14(5-7-15)19-12(2)10-18/h3-9,12H,1-2H3. The van der Waals surface area contributed by atoms with Gasteiger partial charge in [-0.1, -0.05) is 11.6 Å². The zero-order valence-electron chi connectivity index (χ0n) is 11.2. The number of rotatable bonds is 5. The summed E-state index contributed by atoms with van der Waals surface area (Å²) in [7, 11) is 0. The highest BCUT2D eigenvalue weighted by atomic mass is 35.5. The second-order valence-corrected chi connectivity index (χ2v) is 4.80. The largest absolute Gasteiger partial charge is 0.482 e. The van der Waals surface area contributed by atoms with E-state index in [2.05, 4.69) is 0 Å². The maximum Gasteiger partial charge on any atom is 0.242 e. The van der Waals surface area contributed by atoms with Crippen LogP contribution in [0.5, 0.6) is 17.2 Å². The Morgan fingerprint density at radius 3 is 2.35 bits per heavy atom. The second kappa shape index (κ2) is 6.44. The van der Waals surface area contributed by atoms with E-state index in [1.165, 1.54) is 0 Å². The lowest BCUT2D eigenvalue weighted by Crippen LogP contribution is -2.12. The Bertz CT molecular complexity index is 593. The van der Waals surface area contributed by atoms with Gasteiger partial charge in [0.1, 0.15) is 17.2 Å². The number of benzene rings is 2. The van der Waals surface area contributed by atoms with E-state index >= 15 is 0 Å². The summed E-state index contributed by atoms with van der Waals surface area (Å²) in [5, 5.41) is 0.678. The van der Waals surface area contributed by atoms with E-state index in [0.29, 0.717) is 16.5 Å². The van der Waals surface area contributed by atoms with Crippen LogP contribution in [0.15, 0.2) is 42.5 Å². The van der Waals surface area contributed by atoms with Gasteiger partial charge in [0, 0.05) is 5.02 Å². The van der Waals surface area contributed by atoms with Gasteiger partial charge in [-0.05, 0) is 61.9 Å². The van der Waals surface area contributed by atoms with Crippen LogP contribution in [0.2, 0.25) is 5.02 Å². The van der Waals surface area contributed by atoms with Gasteiger partial charge in [-0.3, -0.25) is 4.79 Å². The predicted octanol–water partition coefficient (Wildman–Crippen LogP) is 4.32. The third kappa shape index (κ3) is 3.75. The van der Waals surface area contributed by atoms with Gasteiger partial charge in [0.15, 0.2) is 6.10 Å². The molecule has 3 nitrogen and oxygen atoms in total. The molecule has 1 unspecified atom stereocenters. The minimum absolute atomic E-state index is 0.583. The van der Waals surface area contributed by atoms with E-state index in [-0.39, 0.29) is 0 Å². The molecule has 0 spiro atoms. The highest BCUT2D eigenvalue weighted by molar-refractivity contribution is 6.30. The van der Waals surface area contributed by atoms with E-state index in [1.54, 1.807) is 43.5 Å². The van der Waals surface area contributed by atoms with E-state index in [9.17, 15) is 4.79 Å². The molecular weight excluding hydrogens is 276 g/mol. The number of halogens is 1. The van der Waals surface area contributed by atoms with E-state index < -0.39 is 6.10 Å². The maximum absolute atomic E-state index is 10.4. The molecule has 0 saturated heterocycles. The Balaban J connectivity index is 2.08. The summed E-state index contributed by atoms with van der Waals surface area (Å²) < 4.78 is 11.1. The van der Waals surface area contributed by atoms with E-state index in [0.717, 1.165) is 11.3 Å². The fourth-order valence-electron chi connectivity index (χ4n) is 1.67. The van der Waals surface area contributed by atoms with Crippen LogP contribution >= 0.6 is 11.6 Å². The van der Waals surface area contributed by atoms with Crippen molar-refractivity contribution < 1.29 is 14.3 Å². The van der Waals surface area contributed by atoms with Crippen molar-refractivity contribution in [3.8, 4) is 17.2 Å². The van der Waals surface area contributed by atoms with Crippen LogP contribution in [0.3, 0.4) is 0 Å². The van der Waals surface area contributed by atoms with Crippen LogP contribution in [0, 0.1) is 6.92 Å². The molecular formula is C16H14ClO3. The number of aryl methyl sites for hydroxylation is 1. The highest BCUT2D eigenvalue weighted by Gasteiger charge is 2.05. The fraction of sp³-hybridized carbons (Fsp3) is 0.188. The third-order valence-corrected chi connectivity index (χ3v) is 2.90. The molecule has 0 saturated carbocycles. The average Bonchev–Trinajstić information content (AvgIpc) is 2.44. The van der Waals surface area contributed by atoms with Crippen molar-refractivity contribution in [2.24, 2.45) is 0 Å². The monoisotopic (exact) mass is 289 g/mol. The Morgan fingerprint density at radius 1 is 1.10 bits per heavy atom. The molecule has 2 rings (SSSR count). The maximum atomic E-state index is 10.4. The minimum atomic E-state index is -0.583. The number of hydrogen-bond donors (Lipinski definition) is 0. The molecule has 0 bridgehead atoms. The van der Waals surface area contributed by atoms with E-state index in [1.807, 2.05) is 19.1 Å². The molecule has 1 atom stereocenters. The molecule has 0 N–H and O–H groups in total. The molecule has 2 aromatic carbocycles. The first-order valence-electron chi connectivity index (χ1n) is 6.17. The van der Waals surface area contributed by atoms with Gasteiger partial charge in [-0.25, -0.2) is 0 Å². The third-order valence-electron chi connectivity index (χ3n) is 2.67. The van der Waals surface area contributed by atoms with Crippen molar-refractivity contribution in [2.75, 3.05) is 0 Å². The molecule has 103 valence electrons. The Morgan fingerprint density at radius 2 is 1.75 bits per heavy atom. The van der Waals surface area contributed by atoms with Crippen LogP contribution in [-0.2, 0) is 4.79 Å². The Hall–Kier alpha value is -2.00. The molecule has 2 aromatic rings. The van der Waals surface area contributed by atoms with Gasteiger partial charge in [0.2, 0.25) is 6.29 Å². The molecule has 0 amide bonds.